The second kappa shape index (κ2) is 5.83. The van der Waals surface area contributed by atoms with Gasteiger partial charge in [-0.3, -0.25) is 0 Å². The Labute approximate surface area is 127 Å². The van der Waals surface area contributed by atoms with Crippen molar-refractivity contribution >= 4 is 34.3 Å². The number of hydrogen-bond acceptors (Lipinski definition) is 3. The van der Waals surface area contributed by atoms with Gasteiger partial charge in [0, 0.05) is 21.8 Å². The molecule has 0 fully saturated rings. The Balaban J connectivity index is 2.03. The molecule has 1 heterocycles. The van der Waals surface area contributed by atoms with Gasteiger partial charge < -0.3 is 5.73 Å². The molecule has 0 amide bonds. The molecule has 0 unspecified atom stereocenters. The van der Waals surface area contributed by atoms with E-state index in [-0.39, 0.29) is 0 Å². The average Bonchev–Trinajstić information content (AvgIpc) is 2.46. The first-order valence-corrected chi connectivity index (χ1v) is 7.48. The Morgan fingerprint density at radius 3 is 2.70 bits per heavy atom. The van der Waals surface area contributed by atoms with E-state index in [2.05, 4.69) is 11.1 Å². The summed E-state index contributed by atoms with van der Waals surface area (Å²) in [5.74, 6) is 0. The number of hydrogen-bond donors (Lipinski definition) is 1. The summed E-state index contributed by atoms with van der Waals surface area (Å²) in [5, 5.41) is 2.78. The molecule has 4 heteroatoms. The highest BCUT2D eigenvalue weighted by molar-refractivity contribution is 7.99. The Morgan fingerprint density at radius 2 is 1.90 bits per heavy atom. The molecule has 2 nitrogen and oxygen atoms in total. The number of para-hydroxylation sites is 1. The highest BCUT2D eigenvalue weighted by Gasteiger charge is 2.06. The van der Waals surface area contributed by atoms with E-state index >= 15 is 0 Å². The van der Waals surface area contributed by atoms with Crippen LogP contribution in [0, 0.1) is 0 Å². The predicted octanol–water partition coefficient (Wildman–Crippen LogP) is 4.50. The lowest BCUT2D eigenvalue weighted by atomic mass is 10.1. The number of rotatable bonds is 3. The molecule has 0 saturated carbocycles. The lowest BCUT2D eigenvalue weighted by Gasteiger charge is -2.08. The maximum Gasteiger partial charge on any atom is 0.102 e. The largest absolute Gasteiger partial charge is 0.326 e. The van der Waals surface area contributed by atoms with Gasteiger partial charge in [-0.25, -0.2) is 4.98 Å². The highest BCUT2D eigenvalue weighted by Crippen LogP contribution is 2.30. The van der Waals surface area contributed by atoms with Crippen molar-refractivity contribution in [3.63, 3.8) is 0 Å². The Kier molecular flexibility index (Phi) is 3.92. The zero-order chi connectivity index (χ0) is 13.9. The smallest absolute Gasteiger partial charge is 0.102 e. The molecule has 0 saturated heterocycles. The van der Waals surface area contributed by atoms with E-state index in [0.717, 1.165) is 31.4 Å². The van der Waals surface area contributed by atoms with Gasteiger partial charge in [0.1, 0.15) is 5.03 Å². The quantitative estimate of drug-likeness (QED) is 0.774. The van der Waals surface area contributed by atoms with Gasteiger partial charge in [-0.1, -0.05) is 47.6 Å². The van der Waals surface area contributed by atoms with Crippen LogP contribution in [0.15, 0.2) is 64.5 Å². The van der Waals surface area contributed by atoms with Gasteiger partial charge in [0.15, 0.2) is 0 Å². The minimum Gasteiger partial charge on any atom is -0.326 e. The van der Waals surface area contributed by atoms with Crippen molar-refractivity contribution in [2.24, 2.45) is 5.73 Å². The number of aromatic nitrogens is 1. The van der Waals surface area contributed by atoms with Crippen LogP contribution in [0.2, 0.25) is 5.02 Å². The third-order valence-electron chi connectivity index (χ3n) is 3.02. The summed E-state index contributed by atoms with van der Waals surface area (Å²) in [4.78, 5) is 5.75. The molecule has 0 spiro atoms. The van der Waals surface area contributed by atoms with E-state index in [1.807, 2.05) is 48.5 Å². The monoisotopic (exact) mass is 300 g/mol. The maximum atomic E-state index is 6.01. The molecule has 100 valence electrons. The summed E-state index contributed by atoms with van der Waals surface area (Å²) < 4.78 is 0. The molecule has 3 rings (SSSR count). The molecule has 0 atom stereocenters. The Bertz CT molecular complexity index is 758. The fourth-order valence-corrected chi connectivity index (χ4v) is 3.27. The van der Waals surface area contributed by atoms with Gasteiger partial charge >= 0.3 is 0 Å². The van der Waals surface area contributed by atoms with Gasteiger partial charge in [-0.2, -0.15) is 0 Å². The van der Waals surface area contributed by atoms with Crippen LogP contribution in [0.3, 0.4) is 0 Å². The topological polar surface area (TPSA) is 38.9 Å². The van der Waals surface area contributed by atoms with E-state index in [0.29, 0.717) is 6.54 Å². The lowest BCUT2D eigenvalue weighted by Crippen LogP contribution is -1.99. The highest BCUT2D eigenvalue weighted by atomic mass is 35.5. The first-order chi connectivity index (χ1) is 9.76. The first-order valence-electron chi connectivity index (χ1n) is 6.28. The minimum atomic E-state index is 0.506. The number of fused-ring (bicyclic) bond motifs is 1. The van der Waals surface area contributed by atoms with Crippen LogP contribution >= 0.6 is 23.4 Å². The predicted molar refractivity (Wildman–Crippen MR) is 85.2 cm³/mol. The van der Waals surface area contributed by atoms with Crippen molar-refractivity contribution in [3.8, 4) is 0 Å². The van der Waals surface area contributed by atoms with E-state index in [4.69, 9.17) is 17.3 Å². The molecular formula is C16H13ClN2S. The summed E-state index contributed by atoms with van der Waals surface area (Å²) in [6.45, 7) is 0.506. The zero-order valence-electron chi connectivity index (χ0n) is 10.7. The summed E-state index contributed by atoms with van der Waals surface area (Å²) in [5.41, 5.74) is 7.93. The molecule has 0 radical (unpaired) electrons. The van der Waals surface area contributed by atoms with Crippen molar-refractivity contribution in [1.29, 1.82) is 0 Å². The maximum absolute atomic E-state index is 6.01. The third-order valence-corrected chi connectivity index (χ3v) is 4.16. The Hall–Kier alpha value is -1.55. The molecule has 20 heavy (non-hydrogen) atoms. The zero-order valence-corrected chi connectivity index (χ0v) is 12.3. The fourth-order valence-electron chi connectivity index (χ4n) is 2.09. The van der Waals surface area contributed by atoms with Gasteiger partial charge in [0.05, 0.1) is 5.52 Å². The SMILES string of the molecule is NCc1cc(Sc2cccc(Cl)c2)nc2ccccc12. The van der Waals surface area contributed by atoms with Gasteiger partial charge in [-0.05, 0) is 35.9 Å². The average molecular weight is 301 g/mol. The number of benzene rings is 2. The normalized spacial score (nSPS) is 10.9. The fraction of sp³-hybridized carbons (Fsp3) is 0.0625. The van der Waals surface area contributed by atoms with Crippen LogP contribution in [0.5, 0.6) is 0 Å². The molecule has 0 aliphatic rings. The van der Waals surface area contributed by atoms with E-state index < -0.39 is 0 Å². The van der Waals surface area contributed by atoms with E-state index in [1.54, 1.807) is 11.8 Å². The molecule has 1 aromatic heterocycles. The summed E-state index contributed by atoms with van der Waals surface area (Å²) in [7, 11) is 0. The molecule has 0 aliphatic heterocycles. The number of halogens is 1. The molecule has 0 bridgehead atoms. The van der Waals surface area contributed by atoms with E-state index in [1.165, 1.54) is 0 Å². The third kappa shape index (κ3) is 2.80. The van der Waals surface area contributed by atoms with Crippen molar-refractivity contribution in [3.05, 3.63) is 65.2 Å². The van der Waals surface area contributed by atoms with Crippen molar-refractivity contribution in [1.82, 2.24) is 4.98 Å². The number of pyridine rings is 1. The molecule has 2 N–H and O–H groups in total. The van der Waals surface area contributed by atoms with Crippen molar-refractivity contribution in [2.75, 3.05) is 0 Å². The number of nitrogens with zero attached hydrogens (tertiary/aromatic N) is 1. The van der Waals surface area contributed by atoms with Crippen LogP contribution in [0.4, 0.5) is 0 Å². The minimum absolute atomic E-state index is 0.506. The molecule has 2 aromatic carbocycles. The van der Waals surface area contributed by atoms with Crippen LogP contribution in [0.1, 0.15) is 5.56 Å². The van der Waals surface area contributed by atoms with Crippen LogP contribution in [-0.2, 0) is 6.54 Å². The Morgan fingerprint density at radius 1 is 1.05 bits per heavy atom. The van der Waals surface area contributed by atoms with Gasteiger partial charge in [-0.15, -0.1) is 0 Å². The van der Waals surface area contributed by atoms with E-state index in [9.17, 15) is 0 Å². The van der Waals surface area contributed by atoms with Crippen LogP contribution in [-0.4, -0.2) is 4.98 Å². The van der Waals surface area contributed by atoms with Crippen LogP contribution < -0.4 is 5.73 Å². The van der Waals surface area contributed by atoms with Crippen LogP contribution in [0.25, 0.3) is 10.9 Å². The van der Waals surface area contributed by atoms with Crippen molar-refractivity contribution in [2.45, 2.75) is 16.5 Å². The van der Waals surface area contributed by atoms with Gasteiger partial charge in [0.2, 0.25) is 0 Å². The number of nitrogens with two attached hydrogens (primary N) is 1. The summed E-state index contributed by atoms with van der Waals surface area (Å²) >= 11 is 7.61. The molecule has 3 aromatic rings. The first kappa shape index (κ1) is 13.4. The molecular weight excluding hydrogens is 288 g/mol. The van der Waals surface area contributed by atoms with Gasteiger partial charge in [0.25, 0.3) is 0 Å². The summed E-state index contributed by atoms with van der Waals surface area (Å²) in [6, 6.07) is 17.9. The standard InChI is InChI=1S/C16H13ClN2S/c17-12-4-3-5-13(9-12)20-16-8-11(10-18)14-6-1-2-7-15(14)19-16/h1-9H,10,18H2. The second-order valence-electron chi connectivity index (χ2n) is 4.40. The van der Waals surface area contributed by atoms with Crippen molar-refractivity contribution < 1.29 is 0 Å². The molecule has 0 aliphatic carbocycles. The second-order valence-corrected chi connectivity index (χ2v) is 5.93. The summed E-state index contributed by atoms with van der Waals surface area (Å²) in [6.07, 6.45) is 0. The lowest BCUT2D eigenvalue weighted by molar-refractivity contribution is 1.05.